The zero-order chi connectivity index (χ0) is 20.3. The van der Waals surface area contributed by atoms with Gasteiger partial charge in [0, 0.05) is 0 Å². The lowest BCUT2D eigenvalue weighted by molar-refractivity contribution is 0.0692. The highest BCUT2D eigenvalue weighted by atomic mass is 32.2. The Kier molecular flexibility index (Phi) is 5.27. The minimum Gasteiger partial charge on any atom is -0.478 e. The van der Waals surface area contributed by atoms with Crippen LogP contribution in [0.4, 0.5) is 14.5 Å². The molecule has 0 fully saturated rings. The molecule has 0 aliphatic rings. The third-order valence-corrected chi connectivity index (χ3v) is 5.27. The van der Waals surface area contributed by atoms with Gasteiger partial charge in [-0.05, 0) is 54.6 Å². The average molecular weight is 405 g/mol. The van der Waals surface area contributed by atoms with Crippen molar-refractivity contribution < 1.29 is 31.9 Å². The smallest absolute Gasteiger partial charge is 0.337 e. The number of sulfonamides is 1. The van der Waals surface area contributed by atoms with Crippen molar-refractivity contribution >= 4 is 21.7 Å². The highest BCUT2D eigenvalue weighted by Crippen LogP contribution is 2.28. The van der Waals surface area contributed by atoms with Gasteiger partial charge in [-0.3, -0.25) is 0 Å². The Bertz CT molecular complexity index is 1100. The number of aromatic carboxylic acids is 1. The normalized spacial score (nSPS) is 11.1. The molecule has 0 heterocycles. The molecule has 144 valence electrons. The number of anilines is 1. The van der Waals surface area contributed by atoms with Gasteiger partial charge in [0.15, 0.2) is 5.75 Å². The Morgan fingerprint density at radius 2 is 1.50 bits per heavy atom. The van der Waals surface area contributed by atoms with Crippen LogP contribution < -0.4 is 9.31 Å². The van der Waals surface area contributed by atoms with E-state index >= 15 is 0 Å². The second kappa shape index (κ2) is 7.65. The van der Waals surface area contributed by atoms with Gasteiger partial charge < -0.3 is 9.94 Å². The lowest BCUT2D eigenvalue weighted by Gasteiger charge is -2.24. The molecule has 0 unspecified atom stereocenters. The fourth-order valence-corrected chi connectivity index (χ4v) is 3.79. The summed E-state index contributed by atoms with van der Waals surface area (Å²) in [6, 6.07) is 14.4. The first-order valence-corrected chi connectivity index (χ1v) is 9.30. The molecule has 0 atom stereocenters. The topological polar surface area (TPSA) is 83.9 Å². The Balaban J connectivity index is 2.14. The minimum absolute atomic E-state index is 0.00665. The molecule has 0 aliphatic carbocycles. The summed E-state index contributed by atoms with van der Waals surface area (Å²) < 4.78 is 53.5. The monoisotopic (exact) mass is 405 g/mol. The Labute approximate surface area is 159 Å². The van der Waals surface area contributed by atoms with Crippen molar-refractivity contribution in [2.75, 3.05) is 4.47 Å². The Morgan fingerprint density at radius 3 is 2.11 bits per heavy atom. The molecule has 6 nitrogen and oxygen atoms in total. The molecular weight excluding hydrogens is 392 g/mol. The fraction of sp³-hybridized carbons (Fsp3) is 0. The van der Waals surface area contributed by atoms with Crippen molar-refractivity contribution in [2.24, 2.45) is 0 Å². The van der Waals surface area contributed by atoms with Crippen LogP contribution in [-0.4, -0.2) is 19.5 Å². The van der Waals surface area contributed by atoms with Gasteiger partial charge in [-0.1, -0.05) is 22.7 Å². The second-order valence-electron chi connectivity index (χ2n) is 5.56. The number of rotatable bonds is 6. The number of benzene rings is 3. The zero-order valence-electron chi connectivity index (χ0n) is 14.1. The van der Waals surface area contributed by atoms with E-state index in [9.17, 15) is 27.1 Å². The van der Waals surface area contributed by atoms with E-state index < -0.39 is 38.1 Å². The molecule has 3 aromatic carbocycles. The number of hydrogen-bond acceptors (Lipinski definition) is 4. The van der Waals surface area contributed by atoms with E-state index in [4.69, 9.17) is 4.84 Å². The number of carbonyl (C=O) groups is 1. The minimum atomic E-state index is -4.59. The molecule has 0 spiro atoms. The largest absolute Gasteiger partial charge is 0.478 e. The second-order valence-corrected chi connectivity index (χ2v) is 7.28. The van der Waals surface area contributed by atoms with Crippen LogP contribution in [0.2, 0.25) is 0 Å². The number of carboxylic acids is 1. The lowest BCUT2D eigenvalue weighted by atomic mass is 10.2. The molecule has 0 aliphatic heterocycles. The highest BCUT2D eigenvalue weighted by molar-refractivity contribution is 7.92. The summed E-state index contributed by atoms with van der Waals surface area (Å²) in [5.41, 5.74) is -0.684. The van der Waals surface area contributed by atoms with Crippen molar-refractivity contribution in [1.82, 2.24) is 0 Å². The number of halogens is 2. The van der Waals surface area contributed by atoms with Gasteiger partial charge in [-0.2, -0.15) is 8.42 Å². The van der Waals surface area contributed by atoms with Crippen molar-refractivity contribution in [2.45, 2.75) is 4.90 Å². The Morgan fingerprint density at radius 1 is 0.893 bits per heavy atom. The van der Waals surface area contributed by atoms with Crippen molar-refractivity contribution in [3.05, 3.63) is 90.0 Å². The van der Waals surface area contributed by atoms with Gasteiger partial charge in [0.05, 0.1) is 11.3 Å². The van der Waals surface area contributed by atoms with Gasteiger partial charge in [0.2, 0.25) is 0 Å². The van der Waals surface area contributed by atoms with Crippen LogP contribution in [0.1, 0.15) is 10.4 Å². The third kappa shape index (κ3) is 3.94. The maximum Gasteiger partial charge on any atom is 0.337 e. The van der Waals surface area contributed by atoms with E-state index in [1.165, 1.54) is 24.3 Å². The quantitative estimate of drug-likeness (QED) is 0.630. The molecule has 9 heteroatoms. The van der Waals surface area contributed by atoms with Gasteiger partial charge >= 0.3 is 5.97 Å². The predicted molar refractivity (Wildman–Crippen MR) is 96.5 cm³/mol. The van der Waals surface area contributed by atoms with Gasteiger partial charge in [0.25, 0.3) is 10.0 Å². The molecule has 0 saturated heterocycles. The standard InChI is InChI=1S/C19H13F2NO5S/c20-13-6-9-16(10-7-13)27-22(15-4-2-1-3-5-15)28(25,26)18-11-8-14(21)12-17(18)19(23)24/h1-12H,(H,23,24). The summed E-state index contributed by atoms with van der Waals surface area (Å²) in [5, 5.41) is 9.29. The summed E-state index contributed by atoms with van der Waals surface area (Å²) >= 11 is 0. The lowest BCUT2D eigenvalue weighted by Crippen LogP contribution is -2.35. The van der Waals surface area contributed by atoms with E-state index in [-0.39, 0.29) is 11.4 Å². The molecular formula is C19H13F2NO5S. The summed E-state index contributed by atoms with van der Waals surface area (Å²) in [6.07, 6.45) is 0. The van der Waals surface area contributed by atoms with Crippen LogP contribution in [0.25, 0.3) is 0 Å². The molecule has 0 bridgehead atoms. The first-order valence-electron chi connectivity index (χ1n) is 7.86. The van der Waals surface area contributed by atoms with Crippen LogP contribution in [0.5, 0.6) is 5.75 Å². The van der Waals surface area contributed by atoms with Gasteiger partial charge in [-0.25, -0.2) is 13.6 Å². The molecule has 0 saturated carbocycles. The van der Waals surface area contributed by atoms with Crippen LogP contribution in [-0.2, 0) is 10.0 Å². The highest BCUT2D eigenvalue weighted by Gasteiger charge is 2.32. The van der Waals surface area contributed by atoms with E-state index in [0.717, 1.165) is 24.3 Å². The van der Waals surface area contributed by atoms with E-state index in [2.05, 4.69) is 0 Å². The number of hydrogen-bond donors (Lipinski definition) is 1. The van der Waals surface area contributed by atoms with Crippen molar-refractivity contribution in [3.8, 4) is 5.75 Å². The SMILES string of the molecule is O=C(O)c1cc(F)ccc1S(=O)(=O)N(Oc1ccc(F)cc1)c1ccccc1. The fourth-order valence-electron chi connectivity index (χ4n) is 2.37. The van der Waals surface area contributed by atoms with Crippen molar-refractivity contribution in [3.63, 3.8) is 0 Å². The summed E-state index contributed by atoms with van der Waals surface area (Å²) in [7, 11) is -4.59. The van der Waals surface area contributed by atoms with Crippen LogP contribution in [0.3, 0.4) is 0 Å². The molecule has 3 aromatic rings. The molecule has 0 radical (unpaired) electrons. The van der Waals surface area contributed by atoms with Crippen LogP contribution >= 0.6 is 0 Å². The maximum atomic E-state index is 13.5. The molecule has 3 rings (SSSR count). The predicted octanol–water partition coefficient (Wildman–Crippen LogP) is 3.85. The summed E-state index contributed by atoms with van der Waals surface area (Å²) in [5.74, 6) is -3.07. The first kappa shape index (κ1) is 19.3. The van der Waals surface area contributed by atoms with Gasteiger partial charge in [-0.15, -0.1) is 0 Å². The molecule has 1 N–H and O–H groups in total. The maximum absolute atomic E-state index is 13.5. The van der Waals surface area contributed by atoms with Crippen molar-refractivity contribution in [1.29, 1.82) is 0 Å². The summed E-state index contributed by atoms with van der Waals surface area (Å²) in [4.78, 5) is 16.2. The first-order chi connectivity index (χ1) is 13.3. The Hall–Kier alpha value is -3.46. The molecule has 28 heavy (non-hydrogen) atoms. The van der Waals surface area contributed by atoms with E-state index in [1.54, 1.807) is 18.2 Å². The number of nitrogens with zero attached hydrogens (tertiary/aromatic N) is 1. The summed E-state index contributed by atoms with van der Waals surface area (Å²) in [6.45, 7) is 0. The molecule has 0 amide bonds. The van der Waals surface area contributed by atoms with Gasteiger partial charge in [0.1, 0.15) is 16.5 Å². The zero-order valence-corrected chi connectivity index (χ0v) is 14.9. The molecule has 0 aromatic heterocycles. The van der Waals surface area contributed by atoms with E-state index in [1.807, 2.05) is 0 Å². The van der Waals surface area contributed by atoms with Crippen LogP contribution in [0.15, 0.2) is 77.7 Å². The number of para-hydroxylation sites is 1. The van der Waals surface area contributed by atoms with Crippen LogP contribution in [0, 0.1) is 11.6 Å². The van der Waals surface area contributed by atoms with E-state index in [0.29, 0.717) is 10.5 Å². The number of carboxylic acid groups (broad SMARTS) is 1. The third-order valence-electron chi connectivity index (χ3n) is 3.64. The average Bonchev–Trinajstić information content (AvgIpc) is 2.67.